The molecule has 2 N–H and O–H groups in total. The van der Waals surface area contributed by atoms with Crippen molar-refractivity contribution in [3.05, 3.63) is 99.6 Å². The standard InChI is InChI=1S/C36H38IN3O/c1-24(2)36(41)38-30-12-6-9-27(23-30)25-17-20-40(21-18-25)19-7-14-32-33-16-15-26-8-3-4-13-31(26)35(33)39-34(32)28-10-5-11-29(37)22-28/h3-6,8-13,15-16,22-25,39H,7,14,17-21H2,1-2H3,(H,38,41). The number of carbonyl (C=O) groups excluding carboxylic acids is 1. The van der Waals surface area contributed by atoms with Crippen LogP contribution in [-0.2, 0) is 11.2 Å². The van der Waals surface area contributed by atoms with Gasteiger partial charge in [0.05, 0.1) is 5.52 Å². The molecule has 0 aliphatic carbocycles. The number of piperidine rings is 1. The van der Waals surface area contributed by atoms with Gasteiger partial charge in [-0.1, -0.05) is 74.5 Å². The Hall–Kier alpha value is -3.16. The third-order valence-electron chi connectivity index (χ3n) is 8.56. The second kappa shape index (κ2) is 12.4. The topological polar surface area (TPSA) is 48.1 Å². The normalized spacial score (nSPS) is 14.7. The number of anilines is 1. The van der Waals surface area contributed by atoms with Gasteiger partial charge in [0.15, 0.2) is 0 Å². The van der Waals surface area contributed by atoms with Crippen molar-refractivity contribution >= 4 is 55.9 Å². The maximum Gasteiger partial charge on any atom is 0.226 e. The summed E-state index contributed by atoms with van der Waals surface area (Å²) in [7, 11) is 0. The van der Waals surface area contributed by atoms with E-state index in [-0.39, 0.29) is 11.8 Å². The van der Waals surface area contributed by atoms with Crippen molar-refractivity contribution in [1.82, 2.24) is 9.88 Å². The van der Waals surface area contributed by atoms with Crippen molar-refractivity contribution < 1.29 is 4.79 Å². The van der Waals surface area contributed by atoms with E-state index in [2.05, 4.69) is 117 Å². The number of aromatic amines is 1. The van der Waals surface area contributed by atoms with Crippen molar-refractivity contribution in [2.24, 2.45) is 5.92 Å². The molecular weight excluding hydrogens is 617 g/mol. The number of fused-ring (bicyclic) bond motifs is 3. The Morgan fingerprint density at radius 3 is 2.56 bits per heavy atom. The maximum absolute atomic E-state index is 12.2. The largest absolute Gasteiger partial charge is 0.354 e. The molecule has 2 heterocycles. The molecule has 41 heavy (non-hydrogen) atoms. The number of amides is 1. The summed E-state index contributed by atoms with van der Waals surface area (Å²) in [6, 6.07) is 30.5. The summed E-state index contributed by atoms with van der Waals surface area (Å²) < 4.78 is 1.25. The fraction of sp³-hybridized carbons (Fsp3) is 0.306. The summed E-state index contributed by atoms with van der Waals surface area (Å²) in [6.45, 7) is 7.21. The zero-order valence-electron chi connectivity index (χ0n) is 23.9. The van der Waals surface area contributed by atoms with Gasteiger partial charge in [0.1, 0.15) is 0 Å². The number of nitrogens with zero attached hydrogens (tertiary/aromatic N) is 1. The smallest absolute Gasteiger partial charge is 0.226 e. The fourth-order valence-electron chi connectivity index (χ4n) is 6.27. The van der Waals surface area contributed by atoms with Gasteiger partial charge in [-0.05, 0) is 120 Å². The number of H-pyrrole nitrogens is 1. The summed E-state index contributed by atoms with van der Waals surface area (Å²) >= 11 is 2.41. The molecule has 0 bridgehead atoms. The number of aromatic nitrogens is 1. The minimum atomic E-state index is -0.0157. The minimum Gasteiger partial charge on any atom is -0.354 e. The monoisotopic (exact) mass is 655 g/mol. The van der Waals surface area contributed by atoms with Crippen LogP contribution in [0.5, 0.6) is 0 Å². The molecule has 1 aliphatic rings. The van der Waals surface area contributed by atoms with E-state index in [9.17, 15) is 4.79 Å². The lowest BCUT2D eigenvalue weighted by Gasteiger charge is -2.32. The second-order valence-corrected chi connectivity index (χ2v) is 12.9. The third-order valence-corrected chi connectivity index (χ3v) is 9.23. The number of nitrogens with one attached hydrogen (secondary N) is 2. The Labute approximate surface area is 256 Å². The van der Waals surface area contributed by atoms with Crippen LogP contribution >= 0.6 is 22.6 Å². The zero-order chi connectivity index (χ0) is 28.3. The van der Waals surface area contributed by atoms with E-state index in [0.29, 0.717) is 5.92 Å². The SMILES string of the molecule is CC(C)C(=O)Nc1cccc(C2CCN(CCCc3c(-c4cccc(I)c4)[nH]c4c3ccc3ccccc34)CC2)c1. The van der Waals surface area contributed by atoms with Gasteiger partial charge in [-0.2, -0.15) is 0 Å². The first kappa shape index (κ1) is 28.0. The number of likely N-dealkylation sites (tertiary alicyclic amines) is 1. The van der Waals surface area contributed by atoms with Gasteiger partial charge in [-0.15, -0.1) is 0 Å². The maximum atomic E-state index is 12.2. The Kier molecular flexibility index (Phi) is 8.45. The van der Waals surface area contributed by atoms with Crippen LogP contribution in [0, 0.1) is 9.49 Å². The van der Waals surface area contributed by atoms with E-state index in [1.54, 1.807) is 0 Å². The molecule has 210 valence electrons. The van der Waals surface area contributed by atoms with Gasteiger partial charge < -0.3 is 15.2 Å². The average molecular weight is 656 g/mol. The number of halogens is 1. The summed E-state index contributed by atoms with van der Waals surface area (Å²) in [6.07, 6.45) is 4.51. The number of benzene rings is 4. The number of hydrogen-bond donors (Lipinski definition) is 2. The van der Waals surface area contributed by atoms with Gasteiger partial charge in [0, 0.05) is 31.6 Å². The predicted octanol–water partition coefficient (Wildman–Crippen LogP) is 9.00. The molecule has 5 aromatic rings. The van der Waals surface area contributed by atoms with E-state index in [1.165, 1.54) is 47.6 Å². The molecule has 0 atom stereocenters. The van der Waals surface area contributed by atoms with Gasteiger partial charge in [-0.25, -0.2) is 0 Å². The van der Waals surface area contributed by atoms with Gasteiger partial charge in [0.2, 0.25) is 5.91 Å². The van der Waals surface area contributed by atoms with Crippen LogP contribution in [0.1, 0.15) is 50.2 Å². The van der Waals surface area contributed by atoms with E-state index in [4.69, 9.17) is 0 Å². The molecular formula is C36H38IN3O. The van der Waals surface area contributed by atoms with Crippen LogP contribution in [0.4, 0.5) is 5.69 Å². The highest BCUT2D eigenvalue weighted by atomic mass is 127. The first-order chi connectivity index (χ1) is 20.0. The summed E-state index contributed by atoms with van der Waals surface area (Å²) in [5.41, 5.74) is 7.47. The van der Waals surface area contributed by atoms with Gasteiger partial charge in [0.25, 0.3) is 0 Å². The molecule has 1 saturated heterocycles. The summed E-state index contributed by atoms with van der Waals surface area (Å²) in [4.78, 5) is 18.6. The van der Waals surface area contributed by atoms with Crippen LogP contribution < -0.4 is 5.32 Å². The first-order valence-electron chi connectivity index (χ1n) is 14.9. The van der Waals surface area contributed by atoms with Crippen molar-refractivity contribution in [3.8, 4) is 11.3 Å². The highest BCUT2D eigenvalue weighted by Gasteiger charge is 2.22. The second-order valence-electron chi connectivity index (χ2n) is 11.7. The molecule has 0 radical (unpaired) electrons. The number of aryl methyl sites for hydroxylation is 1. The van der Waals surface area contributed by atoms with Crippen molar-refractivity contribution in [1.29, 1.82) is 0 Å². The van der Waals surface area contributed by atoms with Crippen molar-refractivity contribution in [2.45, 2.75) is 45.4 Å². The van der Waals surface area contributed by atoms with E-state index >= 15 is 0 Å². The molecule has 5 heteroatoms. The van der Waals surface area contributed by atoms with E-state index < -0.39 is 0 Å². The molecule has 1 aliphatic heterocycles. The first-order valence-corrected chi connectivity index (χ1v) is 16.0. The fourth-order valence-corrected chi connectivity index (χ4v) is 6.81. The highest BCUT2D eigenvalue weighted by Crippen LogP contribution is 2.36. The minimum absolute atomic E-state index is 0.0157. The van der Waals surface area contributed by atoms with Crippen LogP contribution in [0.3, 0.4) is 0 Å². The quantitative estimate of drug-likeness (QED) is 0.164. The molecule has 4 nitrogen and oxygen atoms in total. The Balaban J connectivity index is 1.14. The van der Waals surface area contributed by atoms with Gasteiger partial charge in [-0.3, -0.25) is 4.79 Å². The Morgan fingerprint density at radius 2 is 1.76 bits per heavy atom. The molecule has 1 aromatic heterocycles. The number of carbonyl (C=O) groups is 1. The lowest BCUT2D eigenvalue weighted by molar-refractivity contribution is -0.118. The summed E-state index contributed by atoms with van der Waals surface area (Å²) in [5, 5.41) is 6.97. The van der Waals surface area contributed by atoms with Crippen LogP contribution in [0.25, 0.3) is 32.9 Å². The molecule has 1 amide bonds. The molecule has 0 unspecified atom stereocenters. The molecule has 0 spiro atoms. The molecule has 1 fully saturated rings. The Bertz CT molecular complexity index is 1680. The molecule has 0 saturated carbocycles. The van der Waals surface area contributed by atoms with Crippen molar-refractivity contribution in [3.63, 3.8) is 0 Å². The average Bonchev–Trinajstić information content (AvgIpc) is 3.37. The number of hydrogen-bond acceptors (Lipinski definition) is 2. The van der Waals surface area contributed by atoms with Crippen LogP contribution in [-0.4, -0.2) is 35.4 Å². The van der Waals surface area contributed by atoms with Crippen LogP contribution in [0.2, 0.25) is 0 Å². The molecule has 6 rings (SSSR count). The van der Waals surface area contributed by atoms with E-state index in [1.807, 2.05) is 19.9 Å². The molecule has 4 aromatic carbocycles. The summed E-state index contributed by atoms with van der Waals surface area (Å²) in [5.74, 6) is 0.611. The lowest BCUT2D eigenvalue weighted by Crippen LogP contribution is -2.33. The van der Waals surface area contributed by atoms with Crippen LogP contribution in [0.15, 0.2) is 84.9 Å². The lowest BCUT2D eigenvalue weighted by atomic mass is 9.89. The van der Waals surface area contributed by atoms with E-state index in [0.717, 1.165) is 51.0 Å². The Morgan fingerprint density at radius 1 is 0.951 bits per heavy atom. The third kappa shape index (κ3) is 6.21. The number of rotatable bonds is 8. The predicted molar refractivity (Wildman–Crippen MR) is 181 cm³/mol. The van der Waals surface area contributed by atoms with Crippen molar-refractivity contribution in [2.75, 3.05) is 25.0 Å². The van der Waals surface area contributed by atoms with Gasteiger partial charge >= 0.3 is 0 Å². The highest BCUT2D eigenvalue weighted by molar-refractivity contribution is 14.1. The zero-order valence-corrected chi connectivity index (χ0v) is 26.1.